The Balaban J connectivity index is 1.67. The Bertz CT molecular complexity index is 337. The Kier molecular flexibility index (Phi) is 1.98. The number of nitrogens with one attached hydrogen (secondary N) is 1. The highest BCUT2D eigenvalue weighted by atomic mass is 16.2. The minimum Gasteiger partial charge on any atom is -0.343 e. The van der Waals surface area contributed by atoms with Gasteiger partial charge in [-0.05, 0) is 55.8 Å². The van der Waals surface area contributed by atoms with Gasteiger partial charge in [0.15, 0.2) is 0 Å². The predicted molar refractivity (Wildman–Crippen MR) is 65.4 cm³/mol. The van der Waals surface area contributed by atoms with Crippen molar-refractivity contribution in [2.45, 2.75) is 37.6 Å². The van der Waals surface area contributed by atoms with Crippen molar-refractivity contribution < 1.29 is 4.79 Å². The van der Waals surface area contributed by atoms with Crippen molar-refractivity contribution in [2.75, 3.05) is 20.1 Å². The number of hydrogen-bond donors (Lipinski definition) is 1. The van der Waals surface area contributed by atoms with Gasteiger partial charge in [0, 0.05) is 19.1 Å². The van der Waals surface area contributed by atoms with E-state index < -0.39 is 0 Å². The van der Waals surface area contributed by atoms with E-state index in [9.17, 15) is 4.79 Å². The van der Waals surface area contributed by atoms with Gasteiger partial charge < -0.3 is 10.2 Å². The Labute approximate surface area is 103 Å². The fraction of sp³-hybridized carbons (Fsp3) is 0.929. The molecule has 0 atom stereocenters. The van der Waals surface area contributed by atoms with Crippen molar-refractivity contribution in [3.8, 4) is 0 Å². The quantitative estimate of drug-likeness (QED) is 0.684. The second-order valence-electron chi connectivity index (χ2n) is 6.95. The highest BCUT2D eigenvalue weighted by Crippen LogP contribution is 2.58. The van der Waals surface area contributed by atoms with Gasteiger partial charge in [-0.2, -0.15) is 0 Å². The maximum Gasteiger partial charge on any atom is 0.236 e. The Morgan fingerprint density at radius 2 is 1.71 bits per heavy atom. The van der Waals surface area contributed by atoms with Crippen LogP contribution in [0.3, 0.4) is 0 Å². The van der Waals surface area contributed by atoms with E-state index in [2.05, 4.69) is 5.32 Å². The van der Waals surface area contributed by atoms with Crippen LogP contribution < -0.4 is 5.32 Å². The van der Waals surface area contributed by atoms with Gasteiger partial charge in [0.1, 0.15) is 0 Å². The second kappa shape index (κ2) is 3.25. The van der Waals surface area contributed by atoms with Crippen LogP contribution in [0.4, 0.5) is 0 Å². The largest absolute Gasteiger partial charge is 0.343 e. The van der Waals surface area contributed by atoms with Crippen molar-refractivity contribution in [2.24, 2.45) is 23.7 Å². The fourth-order valence-corrected chi connectivity index (χ4v) is 5.48. The molecule has 5 rings (SSSR count). The number of piperazine rings is 1. The van der Waals surface area contributed by atoms with E-state index in [-0.39, 0.29) is 11.4 Å². The Hall–Kier alpha value is -0.570. The summed E-state index contributed by atoms with van der Waals surface area (Å²) in [5, 5.41) is 3.67. The van der Waals surface area contributed by atoms with E-state index in [4.69, 9.17) is 0 Å². The molecular weight excluding hydrogens is 212 g/mol. The summed E-state index contributed by atoms with van der Waals surface area (Å²) in [6.45, 7) is 1.53. The number of nitrogens with zero attached hydrogens (tertiary/aromatic N) is 1. The van der Waals surface area contributed by atoms with E-state index in [1.54, 1.807) is 0 Å². The van der Waals surface area contributed by atoms with E-state index in [1.807, 2.05) is 11.9 Å². The standard InChI is InChI=1S/C14H22N2O/c1-16-8-14(15-7-13(16)17)11-3-9-2-10(5-11)6-12(14)4-9/h9-12,15H,2-8H2,1H3. The van der Waals surface area contributed by atoms with Crippen LogP contribution in [0.15, 0.2) is 0 Å². The lowest BCUT2D eigenvalue weighted by Gasteiger charge is -2.63. The van der Waals surface area contributed by atoms with E-state index in [0.29, 0.717) is 6.54 Å². The summed E-state index contributed by atoms with van der Waals surface area (Å²) in [5.41, 5.74) is 0.288. The molecule has 1 heterocycles. The SMILES string of the molecule is CN1CC2(NCC1=O)C1CC3CC(C1)CC2C3. The number of carbonyl (C=O) groups excluding carboxylic acids is 1. The van der Waals surface area contributed by atoms with E-state index in [1.165, 1.54) is 32.1 Å². The average molecular weight is 234 g/mol. The minimum absolute atomic E-state index is 0.268. The number of amides is 1. The maximum atomic E-state index is 11.7. The highest BCUT2D eigenvalue weighted by molar-refractivity contribution is 5.79. The number of carbonyl (C=O) groups is 1. The molecule has 4 aliphatic carbocycles. The molecule has 4 bridgehead atoms. The Morgan fingerprint density at radius 1 is 1.12 bits per heavy atom. The van der Waals surface area contributed by atoms with Crippen LogP contribution in [-0.2, 0) is 4.79 Å². The second-order valence-corrected chi connectivity index (χ2v) is 6.95. The normalized spacial score (nSPS) is 52.5. The van der Waals surface area contributed by atoms with Crippen LogP contribution in [-0.4, -0.2) is 36.5 Å². The zero-order chi connectivity index (χ0) is 11.6. The van der Waals surface area contributed by atoms with Gasteiger partial charge in [0.25, 0.3) is 0 Å². The third kappa shape index (κ3) is 1.29. The van der Waals surface area contributed by atoms with Crippen LogP contribution >= 0.6 is 0 Å². The molecule has 5 aliphatic rings. The molecule has 1 N–H and O–H groups in total. The van der Waals surface area contributed by atoms with Crippen LogP contribution in [0.1, 0.15) is 32.1 Å². The lowest BCUT2D eigenvalue weighted by Crippen LogP contribution is -2.73. The summed E-state index contributed by atoms with van der Waals surface area (Å²) >= 11 is 0. The lowest BCUT2D eigenvalue weighted by atomic mass is 9.48. The van der Waals surface area contributed by atoms with Crippen LogP contribution in [0.25, 0.3) is 0 Å². The smallest absolute Gasteiger partial charge is 0.236 e. The third-order valence-electron chi connectivity index (χ3n) is 6.09. The molecule has 1 spiro atoms. The zero-order valence-corrected chi connectivity index (χ0v) is 10.6. The van der Waals surface area contributed by atoms with Gasteiger partial charge in [0.2, 0.25) is 5.91 Å². The topological polar surface area (TPSA) is 32.3 Å². The van der Waals surface area contributed by atoms with Gasteiger partial charge in [-0.3, -0.25) is 4.79 Å². The van der Waals surface area contributed by atoms with Gasteiger partial charge in [-0.25, -0.2) is 0 Å². The first kappa shape index (κ1) is 10.4. The number of likely N-dealkylation sites (N-methyl/N-ethyl adjacent to an activating group) is 1. The molecular formula is C14H22N2O. The molecule has 1 aliphatic heterocycles. The first-order valence-corrected chi connectivity index (χ1v) is 7.16. The molecule has 5 fully saturated rings. The number of rotatable bonds is 0. The van der Waals surface area contributed by atoms with Crippen LogP contribution in [0.5, 0.6) is 0 Å². The summed E-state index contributed by atoms with van der Waals surface area (Å²) in [7, 11) is 1.98. The van der Waals surface area contributed by atoms with Crippen LogP contribution in [0.2, 0.25) is 0 Å². The molecule has 17 heavy (non-hydrogen) atoms. The first-order chi connectivity index (χ1) is 8.17. The molecule has 4 saturated carbocycles. The van der Waals surface area contributed by atoms with Gasteiger partial charge in [0.05, 0.1) is 6.54 Å². The minimum atomic E-state index is 0.268. The van der Waals surface area contributed by atoms with Gasteiger partial charge in [-0.1, -0.05) is 0 Å². The molecule has 3 nitrogen and oxygen atoms in total. The van der Waals surface area contributed by atoms with Crippen molar-refractivity contribution in [1.82, 2.24) is 10.2 Å². The van der Waals surface area contributed by atoms with Crippen molar-refractivity contribution in [1.29, 1.82) is 0 Å². The lowest BCUT2D eigenvalue weighted by molar-refractivity contribution is -0.144. The van der Waals surface area contributed by atoms with Crippen molar-refractivity contribution in [3.63, 3.8) is 0 Å². The zero-order valence-electron chi connectivity index (χ0n) is 10.6. The first-order valence-electron chi connectivity index (χ1n) is 7.16. The molecule has 0 aromatic heterocycles. The Morgan fingerprint density at radius 3 is 2.24 bits per heavy atom. The molecule has 1 amide bonds. The van der Waals surface area contributed by atoms with Crippen molar-refractivity contribution in [3.05, 3.63) is 0 Å². The van der Waals surface area contributed by atoms with Crippen molar-refractivity contribution >= 4 is 5.91 Å². The molecule has 0 aromatic carbocycles. The van der Waals surface area contributed by atoms with Gasteiger partial charge in [-0.15, -0.1) is 0 Å². The molecule has 0 unspecified atom stereocenters. The fourth-order valence-electron chi connectivity index (χ4n) is 5.48. The summed E-state index contributed by atoms with van der Waals surface area (Å²) < 4.78 is 0. The molecule has 0 radical (unpaired) electrons. The predicted octanol–water partition coefficient (Wildman–Crippen LogP) is 1.24. The van der Waals surface area contributed by atoms with Gasteiger partial charge >= 0.3 is 0 Å². The van der Waals surface area contributed by atoms with E-state index in [0.717, 1.165) is 30.2 Å². The maximum absolute atomic E-state index is 11.7. The van der Waals surface area contributed by atoms with E-state index >= 15 is 0 Å². The third-order valence-corrected chi connectivity index (χ3v) is 6.09. The number of hydrogen-bond acceptors (Lipinski definition) is 2. The van der Waals surface area contributed by atoms with Crippen LogP contribution in [0, 0.1) is 23.7 Å². The summed E-state index contributed by atoms with van der Waals surface area (Å²) in [5.74, 6) is 3.97. The molecule has 1 saturated heterocycles. The summed E-state index contributed by atoms with van der Waals surface area (Å²) in [4.78, 5) is 13.6. The average Bonchev–Trinajstić information content (AvgIpc) is 2.30. The summed E-state index contributed by atoms with van der Waals surface area (Å²) in [6, 6.07) is 0. The highest BCUT2D eigenvalue weighted by Gasteiger charge is 2.58. The molecule has 3 heteroatoms. The monoisotopic (exact) mass is 234 g/mol. The molecule has 94 valence electrons. The summed E-state index contributed by atoms with van der Waals surface area (Å²) in [6.07, 6.45) is 7.17. The molecule has 0 aromatic rings.